The van der Waals surface area contributed by atoms with Gasteiger partial charge in [-0.25, -0.2) is 8.78 Å². The van der Waals surface area contributed by atoms with E-state index in [2.05, 4.69) is 10.3 Å². The van der Waals surface area contributed by atoms with Crippen LogP contribution < -0.4 is 14.8 Å². The van der Waals surface area contributed by atoms with Crippen LogP contribution in [0.5, 0.6) is 11.5 Å². The number of pyridine rings is 1. The van der Waals surface area contributed by atoms with Crippen LogP contribution in [0.25, 0.3) is 0 Å². The second-order valence-corrected chi connectivity index (χ2v) is 5.83. The zero-order valence-electron chi connectivity index (χ0n) is 15.1. The van der Waals surface area contributed by atoms with Crippen LogP contribution in [0.15, 0.2) is 60.9 Å². The van der Waals surface area contributed by atoms with Gasteiger partial charge in [-0.2, -0.15) is 0 Å². The molecule has 0 aliphatic carbocycles. The number of hydrogen-bond acceptors (Lipinski definition) is 4. The van der Waals surface area contributed by atoms with Gasteiger partial charge in [-0.3, -0.25) is 9.78 Å². The number of nitrogens with zero attached hydrogens (tertiary/aromatic N) is 1. The zero-order chi connectivity index (χ0) is 19.9. The van der Waals surface area contributed by atoms with E-state index in [-0.39, 0.29) is 5.69 Å². The van der Waals surface area contributed by atoms with Crippen LogP contribution in [0.1, 0.15) is 22.8 Å². The van der Waals surface area contributed by atoms with E-state index in [0.29, 0.717) is 30.3 Å². The number of benzene rings is 2. The molecule has 0 saturated heterocycles. The Morgan fingerprint density at radius 2 is 1.89 bits per heavy atom. The summed E-state index contributed by atoms with van der Waals surface area (Å²) < 4.78 is 37.7. The van der Waals surface area contributed by atoms with Gasteiger partial charge in [0.25, 0.3) is 5.91 Å². The minimum atomic E-state index is -1.04. The predicted octanol–water partition coefficient (Wildman–Crippen LogP) is 4.59. The number of hydrogen-bond donors (Lipinski definition) is 1. The molecule has 1 aromatic heterocycles. The van der Waals surface area contributed by atoms with Crippen molar-refractivity contribution in [3.05, 3.63) is 83.7 Å². The minimum Gasteiger partial charge on any atom is -0.490 e. The van der Waals surface area contributed by atoms with Crippen LogP contribution in [0.2, 0.25) is 0 Å². The molecule has 144 valence electrons. The first-order valence-electron chi connectivity index (χ1n) is 8.61. The van der Waals surface area contributed by atoms with Gasteiger partial charge in [0.1, 0.15) is 6.61 Å². The van der Waals surface area contributed by atoms with Crippen molar-refractivity contribution in [3.8, 4) is 11.5 Å². The maximum atomic E-state index is 13.3. The van der Waals surface area contributed by atoms with Crippen molar-refractivity contribution in [2.24, 2.45) is 0 Å². The molecule has 0 bridgehead atoms. The minimum absolute atomic E-state index is 0.152. The Hall–Kier alpha value is -3.48. The molecule has 0 radical (unpaired) electrons. The fourth-order valence-corrected chi connectivity index (χ4v) is 2.46. The van der Waals surface area contributed by atoms with E-state index in [1.54, 1.807) is 24.5 Å². The Labute approximate surface area is 160 Å². The highest BCUT2D eigenvalue weighted by Crippen LogP contribution is 2.29. The standard InChI is InChI=1S/C21H18F2N2O3/c1-2-27-20-10-15(21(26)25-16-6-7-17(22)18(23)11-16)5-8-19(20)28-13-14-4-3-9-24-12-14/h3-12H,2,13H2,1H3,(H,25,26). The Morgan fingerprint density at radius 1 is 1.04 bits per heavy atom. The average molecular weight is 384 g/mol. The maximum Gasteiger partial charge on any atom is 0.255 e. The second kappa shape index (κ2) is 8.94. The van der Waals surface area contributed by atoms with E-state index in [4.69, 9.17) is 9.47 Å². The van der Waals surface area contributed by atoms with Gasteiger partial charge >= 0.3 is 0 Å². The van der Waals surface area contributed by atoms with Crippen molar-refractivity contribution >= 4 is 11.6 Å². The van der Waals surface area contributed by atoms with Crippen LogP contribution in [-0.2, 0) is 6.61 Å². The summed E-state index contributed by atoms with van der Waals surface area (Å²) in [7, 11) is 0. The highest BCUT2D eigenvalue weighted by Gasteiger charge is 2.13. The van der Waals surface area contributed by atoms with E-state index in [1.807, 2.05) is 19.1 Å². The summed E-state index contributed by atoms with van der Waals surface area (Å²) in [5.74, 6) is -1.61. The Morgan fingerprint density at radius 3 is 2.61 bits per heavy atom. The fraction of sp³-hybridized carbons (Fsp3) is 0.143. The molecule has 0 atom stereocenters. The Balaban J connectivity index is 1.75. The van der Waals surface area contributed by atoms with Crippen LogP contribution in [-0.4, -0.2) is 17.5 Å². The fourth-order valence-electron chi connectivity index (χ4n) is 2.46. The lowest BCUT2D eigenvalue weighted by atomic mass is 10.1. The number of carbonyl (C=O) groups is 1. The highest BCUT2D eigenvalue weighted by atomic mass is 19.2. The molecule has 1 amide bonds. The van der Waals surface area contributed by atoms with E-state index in [1.165, 1.54) is 12.1 Å². The smallest absolute Gasteiger partial charge is 0.255 e. The monoisotopic (exact) mass is 384 g/mol. The van der Waals surface area contributed by atoms with E-state index < -0.39 is 17.5 Å². The molecule has 0 unspecified atom stereocenters. The number of halogens is 2. The van der Waals surface area contributed by atoms with Gasteiger partial charge in [0.05, 0.1) is 6.61 Å². The number of nitrogens with one attached hydrogen (secondary N) is 1. The van der Waals surface area contributed by atoms with Crippen LogP contribution in [0.4, 0.5) is 14.5 Å². The summed E-state index contributed by atoms with van der Waals surface area (Å²) in [4.78, 5) is 16.5. The van der Waals surface area contributed by atoms with E-state index in [9.17, 15) is 13.6 Å². The maximum absolute atomic E-state index is 13.3. The van der Waals surface area contributed by atoms with Gasteiger partial charge < -0.3 is 14.8 Å². The lowest BCUT2D eigenvalue weighted by Crippen LogP contribution is -2.12. The molecule has 0 aliphatic heterocycles. The van der Waals surface area contributed by atoms with Crippen molar-refractivity contribution in [2.75, 3.05) is 11.9 Å². The largest absolute Gasteiger partial charge is 0.490 e. The van der Waals surface area contributed by atoms with Crippen LogP contribution >= 0.6 is 0 Å². The molecule has 5 nitrogen and oxygen atoms in total. The molecule has 0 spiro atoms. The molecule has 1 heterocycles. The Bertz CT molecular complexity index is 965. The van der Waals surface area contributed by atoms with Gasteiger partial charge in [-0.1, -0.05) is 6.07 Å². The van der Waals surface area contributed by atoms with Crippen LogP contribution in [0, 0.1) is 11.6 Å². The van der Waals surface area contributed by atoms with Gasteiger partial charge in [-0.05, 0) is 43.3 Å². The SMILES string of the molecule is CCOc1cc(C(=O)Nc2ccc(F)c(F)c2)ccc1OCc1cccnc1. The quantitative estimate of drug-likeness (QED) is 0.647. The summed E-state index contributed by atoms with van der Waals surface area (Å²) in [6, 6.07) is 11.6. The average Bonchev–Trinajstić information content (AvgIpc) is 2.71. The molecule has 1 N–H and O–H groups in total. The van der Waals surface area contributed by atoms with Crippen molar-refractivity contribution in [2.45, 2.75) is 13.5 Å². The first-order valence-corrected chi connectivity index (χ1v) is 8.61. The van der Waals surface area contributed by atoms with E-state index >= 15 is 0 Å². The molecule has 3 aromatic rings. The van der Waals surface area contributed by atoms with Crippen molar-refractivity contribution in [3.63, 3.8) is 0 Å². The first kappa shape index (κ1) is 19.3. The summed E-state index contributed by atoms with van der Waals surface area (Å²) >= 11 is 0. The Kier molecular flexibility index (Phi) is 6.16. The number of amides is 1. The van der Waals surface area contributed by atoms with Crippen molar-refractivity contribution < 1.29 is 23.0 Å². The van der Waals surface area contributed by atoms with Crippen LogP contribution in [0.3, 0.4) is 0 Å². The van der Waals surface area contributed by atoms with Crippen molar-refractivity contribution in [1.29, 1.82) is 0 Å². The zero-order valence-corrected chi connectivity index (χ0v) is 15.1. The highest BCUT2D eigenvalue weighted by molar-refractivity contribution is 6.04. The number of ether oxygens (including phenoxy) is 2. The number of rotatable bonds is 7. The third kappa shape index (κ3) is 4.82. The summed E-state index contributed by atoms with van der Waals surface area (Å²) in [6.07, 6.45) is 3.37. The molecule has 0 aliphatic rings. The van der Waals surface area contributed by atoms with E-state index in [0.717, 1.165) is 17.7 Å². The normalized spacial score (nSPS) is 10.4. The molecule has 2 aromatic carbocycles. The molecular weight excluding hydrogens is 366 g/mol. The lowest BCUT2D eigenvalue weighted by molar-refractivity contribution is 0.102. The summed E-state index contributed by atoms with van der Waals surface area (Å²) in [5, 5.41) is 2.52. The second-order valence-electron chi connectivity index (χ2n) is 5.83. The van der Waals surface area contributed by atoms with Gasteiger partial charge in [0.2, 0.25) is 0 Å². The third-order valence-corrected chi connectivity index (χ3v) is 3.80. The molecule has 7 heteroatoms. The van der Waals surface area contributed by atoms with Gasteiger partial charge in [-0.15, -0.1) is 0 Å². The summed E-state index contributed by atoms with van der Waals surface area (Å²) in [6.45, 7) is 2.50. The molecule has 0 saturated carbocycles. The van der Waals surface area contributed by atoms with Gasteiger partial charge in [0.15, 0.2) is 23.1 Å². The third-order valence-electron chi connectivity index (χ3n) is 3.80. The topological polar surface area (TPSA) is 60.5 Å². The lowest BCUT2D eigenvalue weighted by Gasteiger charge is -2.13. The number of aromatic nitrogens is 1. The predicted molar refractivity (Wildman–Crippen MR) is 100 cm³/mol. The molecular formula is C21H18F2N2O3. The van der Waals surface area contributed by atoms with Crippen molar-refractivity contribution in [1.82, 2.24) is 4.98 Å². The molecule has 28 heavy (non-hydrogen) atoms. The molecule has 3 rings (SSSR count). The molecule has 0 fully saturated rings. The summed E-state index contributed by atoms with van der Waals surface area (Å²) in [5.41, 5.74) is 1.34. The first-order chi connectivity index (χ1) is 13.6. The van der Waals surface area contributed by atoms with Gasteiger partial charge in [0, 0.05) is 35.3 Å². The number of carbonyl (C=O) groups excluding carboxylic acids is 1. The number of anilines is 1.